The summed E-state index contributed by atoms with van der Waals surface area (Å²) < 4.78 is 7.17. The molecule has 5 rings (SSSR count). The fraction of sp³-hybridized carbons (Fsp3) is 0.348. The van der Waals surface area contributed by atoms with Crippen molar-refractivity contribution in [1.29, 1.82) is 0 Å². The topological polar surface area (TPSA) is 93.2 Å². The molecule has 1 saturated heterocycles. The molecule has 0 spiro atoms. The molecule has 1 amide bonds. The smallest absolute Gasteiger partial charge is 0.228 e. The zero-order chi connectivity index (χ0) is 22.2. The van der Waals surface area contributed by atoms with Crippen LogP contribution in [-0.2, 0) is 11.2 Å². The second kappa shape index (κ2) is 8.07. The first kappa shape index (κ1) is 20.2. The summed E-state index contributed by atoms with van der Waals surface area (Å²) in [6.07, 6.45) is 0.242. The normalized spacial score (nSPS) is 14.3. The van der Waals surface area contributed by atoms with Crippen LogP contribution in [0.5, 0.6) is 0 Å². The molecular weight excluding hydrogens is 406 g/mol. The van der Waals surface area contributed by atoms with E-state index in [2.05, 4.69) is 25.1 Å². The Morgan fingerprint density at radius 1 is 1.00 bits per heavy atom. The monoisotopic (exact) mass is 431 g/mol. The maximum atomic E-state index is 12.9. The van der Waals surface area contributed by atoms with Gasteiger partial charge in [0.1, 0.15) is 17.3 Å². The molecule has 3 aromatic heterocycles. The number of hydrogen-bond acceptors (Lipinski definition) is 7. The van der Waals surface area contributed by atoms with E-state index in [1.54, 1.807) is 0 Å². The number of aromatic nitrogens is 5. The average Bonchev–Trinajstić information content (AvgIpc) is 3.35. The third-order valence-electron chi connectivity index (χ3n) is 5.76. The number of piperazine rings is 1. The molecule has 32 heavy (non-hydrogen) atoms. The summed E-state index contributed by atoms with van der Waals surface area (Å²) in [6.45, 7) is 8.55. The highest BCUT2D eigenvalue weighted by atomic mass is 16.5. The number of rotatable bonds is 4. The molecule has 1 aliphatic rings. The maximum Gasteiger partial charge on any atom is 0.228 e. The van der Waals surface area contributed by atoms with Crippen molar-refractivity contribution in [2.45, 2.75) is 27.2 Å². The van der Waals surface area contributed by atoms with Crippen LogP contribution < -0.4 is 4.90 Å². The van der Waals surface area contributed by atoms with Crippen LogP contribution in [0.1, 0.15) is 22.9 Å². The summed E-state index contributed by atoms with van der Waals surface area (Å²) in [7, 11) is 0. The second-order valence-electron chi connectivity index (χ2n) is 8.14. The summed E-state index contributed by atoms with van der Waals surface area (Å²) in [5.41, 5.74) is 3.38. The van der Waals surface area contributed by atoms with Crippen LogP contribution in [-0.4, -0.2) is 61.9 Å². The summed E-state index contributed by atoms with van der Waals surface area (Å²) in [5, 5.41) is 9.53. The van der Waals surface area contributed by atoms with E-state index in [4.69, 9.17) is 4.52 Å². The number of anilines is 1. The molecule has 4 aromatic rings. The fourth-order valence-electron chi connectivity index (χ4n) is 4.17. The predicted molar refractivity (Wildman–Crippen MR) is 120 cm³/mol. The Labute approximate surface area is 185 Å². The van der Waals surface area contributed by atoms with Gasteiger partial charge < -0.3 is 14.3 Å². The summed E-state index contributed by atoms with van der Waals surface area (Å²) in [5.74, 6) is 2.37. The van der Waals surface area contributed by atoms with Gasteiger partial charge in [-0.3, -0.25) is 4.79 Å². The molecule has 9 heteroatoms. The van der Waals surface area contributed by atoms with Crippen molar-refractivity contribution in [3.8, 4) is 5.82 Å². The summed E-state index contributed by atoms with van der Waals surface area (Å²) in [6, 6.07) is 11.6. The molecule has 0 atom stereocenters. The van der Waals surface area contributed by atoms with E-state index in [1.165, 1.54) is 0 Å². The molecule has 0 radical (unpaired) electrons. The van der Waals surface area contributed by atoms with Crippen LogP contribution in [0.4, 0.5) is 5.82 Å². The molecule has 1 aliphatic heterocycles. The summed E-state index contributed by atoms with van der Waals surface area (Å²) >= 11 is 0. The molecular formula is C23H25N7O2. The van der Waals surface area contributed by atoms with E-state index < -0.39 is 0 Å². The number of aryl methyl sites for hydroxylation is 3. The van der Waals surface area contributed by atoms with E-state index in [0.717, 1.165) is 28.4 Å². The van der Waals surface area contributed by atoms with E-state index in [1.807, 2.05) is 66.8 Å². The molecule has 4 heterocycles. The lowest BCUT2D eigenvalue weighted by Gasteiger charge is -2.35. The second-order valence-corrected chi connectivity index (χ2v) is 8.14. The molecule has 0 aliphatic carbocycles. The Bertz CT molecular complexity index is 1280. The quantitative estimate of drug-likeness (QED) is 0.490. The summed E-state index contributed by atoms with van der Waals surface area (Å²) in [4.78, 5) is 26.1. The highest BCUT2D eigenvalue weighted by molar-refractivity contribution is 5.86. The Kier molecular flexibility index (Phi) is 5.08. The maximum absolute atomic E-state index is 12.9. The number of hydrogen-bond donors (Lipinski definition) is 0. The van der Waals surface area contributed by atoms with Crippen LogP contribution in [0.3, 0.4) is 0 Å². The Morgan fingerprint density at radius 3 is 2.50 bits per heavy atom. The van der Waals surface area contributed by atoms with Gasteiger partial charge in [0.25, 0.3) is 0 Å². The SMILES string of the molecule is Cc1cc(C)n(-c2cc(N3CCN(C(=O)Cc4noc5ccccc45)CC3)nc(C)n2)n1. The number of fused-ring (bicyclic) bond motifs is 1. The number of amides is 1. The molecule has 164 valence electrons. The van der Waals surface area contributed by atoms with Crippen molar-refractivity contribution >= 4 is 22.7 Å². The van der Waals surface area contributed by atoms with Crippen LogP contribution in [0.25, 0.3) is 16.8 Å². The molecule has 1 aromatic carbocycles. The lowest BCUT2D eigenvalue weighted by atomic mass is 10.1. The van der Waals surface area contributed by atoms with Crippen LogP contribution >= 0.6 is 0 Å². The standard InChI is InChI=1S/C23H25N7O2/c1-15-12-16(2)30(26-15)22-14-21(24-17(3)25-22)28-8-10-29(11-9-28)23(31)13-19-18-6-4-5-7-20(18)32-27-19/h4-7,12,14H,8-11,13H2,1-3H3. The van der Waals surface area contributed by atoms with E-state index in [0.29, 0.717) is 43.3 Å². The fourth-order valence-corrected chi connectivity index (χ4v) is 4.17. The van der Waals surface area contributed by atoms with E-state index in [-0.39, 0.29) is 12.3 Å². The third-order valence-corrected chi connectivity index (χ3v) is 5.76. The van der Waals surface area contributed by atoms with Crippen LogP contribution in [0.15, 0.2) is 40.9 Å². The van der Waals surface area contributed by atoms with Gasteiger partial charge in [-0.15, -0.1) is 0 Å². The van der Waals surface area contributed by atoms with Crippen molar-refractivity contribution in [2.75, 3.05) is 31.1 Å². The predicted octanol–water partition coefficient (Wildman–Crippen LogP) is 2.62. The van der Waals surface area contributed by atoms with Gasteiger partial charge in [-0.2, -0.15) is 5.10 Å². The highest BCUT2D eigenvalue weighted by Gasteiger charge is 2.24. The van der Waals surface area contributed by atoms with Gasteiger partial charge in [0.2, 0.25) is 5.91 Å². The molecule has 0 N–H and O–H groups in total. The zero-order valence-electron chi connectivity index (χ0n) is 18.4. The molecule has 0 unspecified atom stereocenters. The molecule has 0 saturated carbocycles. The molecule has 9 nitrogen and oxygen atoms in total. The van der Waals surface area contributed by atoms with Crippen LogP contribution in [0, 0.1) is 20.8 Å². The first-order chi connectivity index (χ1) is 15.5. The van der Waals surface area contributed by atoms with Crippen LogP contribution in [0.2, 0.25) is 0 Å². The largest absolute Gasteiger partial charge is 0.356 e. The lowest BCUT2D eigenvalue weighted by molar-refractivity contribution is -0.130. The number of carbonyl (C=O) groups excluding carboxylic acids is 1. The van der Waals surface area contributed by atoms with Crippen molar-refractivity contribution in [1.82, 2.24) is 29.8 Å². The van der Waals surface area contributed by atoms with Gasteiger partial charge >= 0.3 is 0 Å². The average molecular weight is 432 g/mol. The Morgan fingerprint density at radius 2 is 1.75 bits per heavy atom. The van der Waals surface area contributed by atoms with Crippen molar-refractivity contribution in [3.63, 3.8) is 0 Å². The minimum atomic E-state index is 0.0610. The lowest BCUT2D eigenvalue weighted by Crippen LogP contribution is -2.49. The minimum absolute atomic E-state index is 0.0610. The van der Waals surface area contributed by atoms with E-state index in [9.17, 15) is 4.79 Å². The van der Waals surface area contributed by atoms with Crippen molar-refractivity contribution in [2.24, 2.45) is 0 Å². The van der Waals surface area contributed by atoms with Gasteiger partial charge in [-0.25, -0.2) is 14.6 Å². The Hall–Kier alpha value is -3.75. The van der Waals surface area contributed by atoms with Crippen molar-refractivity contribution < 1.29 is 9.32 Å². The molecule has 1 fully saturated rings. The number of benzene rings is 1. The minimum Gasteiger partial charge on any atom is -0.356 e. The van der Waals surface area contributed by atoms with Gasteiger partial charge in [0.15, 0.2) is 11.4 Å². The van der Waals surface area contributed by atoms with Crippen molar-refractivity contribution in [3.05, 3.63) is 59.3 Å². The number of carbonyl (C=O) groups is 1. The van der Waals surface area contributed by atoms with E-state index >= 15 is 0 Å². The van der Waals surface area contributed by atoms with Gasteiger partial charge in [-0.05, 0) is 39.0 Å². The zero-order valence-corrected chi connectivity index (χ0v) is 18.4. The number of nitrogens with zero attached hydrogens (tertiary/aromatic N) is 7. The number of para-hydroxylation sites is 1. The first-order valence-corrected chi connectivity index (χ1v) is 10.7. The molecule has 0 bridgehead atoms. The third kappa shape index (κ3) is 3.81. The first-order valence-electron chi connectivity index (χ1n) is 10.7. The van der Waals surface area contributed by atoms with Gasteiger partial charge in [0, 0.05) is 43.3 Å². The van der Waals surface area contributed by atoms with Gasteiger partial charge in [-0.1, -0.05) is 17.3 Å². The highest BCUT2D eigenvalue weighted by Crippen LogP contribution is 2.21. The van der Waals surface area contributed by atoms with Gasteiger partial charge in [0.05, 0.1) is 12.1 Å². The Balaban J connectivity index is 1.27.